The van der Waals surface area contributed by atoms with Gasteiger partial charge in [0.2, 0.25) is 0 Å². The van der Waals surface area contributed by atoms with Crippen LogP contribution in [0.5, 0.6) is 0 Å². The Labute approximate surface area is 126 Å². The van der Waals surface area contributed by atoms with Gasteiger partial charge in [0.25, 0.3) is 0 Å². The average Bonchev–Trinajstić information content (AvgIpc) is 2.39. The zero-order chi connectivity index (χ0) is 15.2. The van der Waals surface area contributed by atoms with Crippen molar-refractivity contribution in [2.24, 2.45) is 5.92 Å². The Morgan fingerprint density at radius 2 is 1.65 bits per heavy atom. The number of rotatable bonds is 7. The minimum atomic E-state index is 0.249. The highest BCUT2D eigenvalue weighted by Gasteiger charge is 2.16. The third kappa shape index (κ3) is 5.28. The largest absolute Gasteiger partial charge is 0.314 e. The molecular formula is C19H33N. The Morgan fingerprint density at radius 1 is 1.05 bits per heavy atom. The molecule has 0 fully saturated rings. The number of nitrogens with one attached hydrogen (secondary N) is 1. The first-order valence-electron chi connectivity index (χ1n) is 8.21. The predicted octanol–water partition coefficient (Wildman–Crippen LogP) is 4.94. The van der Waals surface area contributed by atoms with Crippen molar-refractivity contribution in [1.29, 1.82) is 0 Å². The first-order valence-corrected chi connectivity index (χ1v) is 8.21. The van der Waals surface area contributed by atoms with Crippen molar-refractivity contribution in [3.63, 3.8) is 0 Å². The molecule has 1 N–H and O–H groups in total. The Bertz CT molecular complexity index is 372. The monoisotopic (exact) mass is 275 g/mol. The lowest BCUT2D eigenvalue weighted by Crippen LogP contribution is -2.35. The van der Waals surface area contributed by atoms with E-state index in [4.69, 9.17) is 0 Å². The summed E-state index contributed by atoms with van der Waals surface area (Å²) in [6.07, 6.45) is 3.59. The van der Waals surface area contributed by atoms with Gasteiger partial charge in [0, 0.05) is 6.04 Å². The van der Waals surface area contributed by atoms with Crippen LogP contribution < -0.4 is 5.32 Å². The summed E-state index contributed by atoms with van der Waals surface area (Å²) in [7, 11) is 0. The van der Waals surface area contributed by atoms with E-state index in [2.05, 4.69) is 71.1 Å². The van der Waals surface area contributed by atoms with Gasteiger partial charge < -0.3 is 5.32 Å². The Morgan fingerprint density at radius 3 is 2.10 bits per heavy atom. The summed E-state index contributed by atoms with van der Waals surface area (Å²) in [5, 5.41) is 3.67. The first kappa shape index (κ1) is 17.2. The molecule has 114 valence electrons. The van der Waals surface area contributed by atoms with Crippen molar-refractivity contribution in [3.8, 4) is 0 Å². The molecule has 0 aromatic heterocycles. The SMILES string of the molecule is CCCNC(CC)C(C)Cc1ccc(C(C)(C)C)cc1. The van der Waals surface area contributed by atoms with E-state index in [0.717, 1.165) is 6.54 Å². The van der Waals surface area contributed by atoms with Gasteiger partial charge in [0.1, 0.15) is 0 Å². The topological polar surface area (TPSA) is 12.0 Å². The molecule has 0 radical (unpaired) electrons. The summed E-state index contributed by atoms with van der Waals surface area (Å²) >= 11 is 0. The molecule has 0 aliphatic heterocycles. The van der Waals surface area contributed by atoms with Crippen molar-refractivity contribution in [2.45, 2.75) is 72.3 Å². The third-order valence-corrected chi connectivity index (χ3v) is 4.16. The number of hydrogen-bond acceptors (Lipinski definition) is 1. The molecular weight excluding hydrogens is 242 g/mol. The maximum absolute atomic E-state index is 3.67. The van der Waals surface area contributed by atoms with E-state index in [1.807, 2.05) is 0 Å². The van der Waals surface area contributed by atoms with Gasteiger partial charge in [0.15, 0.2) is 0 Å². The Kier molecular flexibility index (Phi) is 6.75. The summed E-state index contributed by atoms with van der Waals surface area (Å²) in [5.41, 5.74) is 3.13. The molecule has 2 atom stereocenters. The zero-order valence-corrected chi connectivity index (χ0v) is 14.3. The molecule has 0 amide bonds. The highest BCUT2D eigenvalue weighted by atomic mass is 14.9. The second-order valence-electron chi connectivity index (χ2n) is 7.10. The van der Waals surface area contributed by atoms with Gasteiger partial charge in [-0.15, -0.1) is 0 Å². The van der Waals surface area contributed by atoms with E-state index in [1.165, 1.54) is 30.4 Å². The first-order chi connectivity index (χ1) is 9.38. The van der Waals surface area contributed by atoms with E-state index in [9.17, 15) is 0 Å². The van der Waals surface area contributed by atoms with Crippen molar-refractivity contribution < 1.29 is 0 Å². The average molecular weight is 275 g/mol. The van der Waals surface area contributed by atoms with Crippen molar-refractivity contribution in [1.82, 2.24) is 5.32 Å². The molecule has 0 bridgehead atoms. The fourth-order valence-electron chi connectivity index (χ4n) is 2.73. The molecule has 0 heterocycles. The molecule has 0 saturated heterocycles. The summed E-state index contributed by atoms with van der Waals surface area (Å²) in [4.78, 5) is 0. The minimum absolute atomic E-state index is 0.249. The van der Waals surface area contributed by atoms with E-state index in [0.29, 0.717) is 12.0 Å². The molecule has 1 heteroatoms. The van der Waals surface area contributed by atoms with Gasteiger partial charge in [0.05, 0.1) is 0 Å². The number of benzene rings is 1. The summed E-state index contributed by atoms with van der Waals surface area (Å²) in [6, 6.07) is 9.84. The lowest BCUT2D eigenvalue weighted by Gasteiger charge is -2.25. The molecule has 1 aromatic carbocycles. The molecule has 0 aliphatic carbocycles. The molecule has 0 spiro atoms. The quantitative estimate of drug-likeness (QED) is 0.743. The van der Waals surface area contributed by atoms with Gasteiger partial charge >= 0.3 is 0 Å². The highest BCUT2D eigenvalue weighted by molar-refractivity contribution is 5.27. The Hall–Kier alpha value is -0.820. The molecule has 2 unspecified atom stereocenters. The molecule has 1 nitrogen and oxygen atoms in total. The third-order valence-electron chi connectivity index (χ3n) is 4.16. The fourth-order valence-corrected chi connectivity index (χ4v) is 2.73. The molecule has 1 rings (SSSR count). The second kappa shape index (κ2) is 7.83. The minimum Gasteiger partial charge on any atom is -0.314 e. The fraction of sp³-hybridized carbons (Fsp3) is 0.684. The van der Waals surface area contributed by atoms with E-state index in [-0.39, 0.29) is 5.41 Å². The summed E-state index contributed by atoms with van der Waals surface area (Å²) < 4.78 is 0. The highest BCUT2D eigenvalue weighted by Crippen LogP contribution is 2.23. The van der Waals surface area contributed by atoms with Crippen molar-refractivity contribution in [3.05, 3.63) is 35.4 Å². The van der Waals surface area contributed by atoms with Crippen LogP contribution in [0.4, 0.5) is 0 Å². The normalized spacial score (nSPS) is 15.1. The van der Waals surface area contributed by atoms with Crippen LogP contribution >= 0.6 is 0 Å². The second-order valence-corrected chi connectivity index (χ2v) is 7.10. The van der Waals surface area contributed by atoms with Gasteiger partial charge in [-0.05, 0) is 48.3 Å². The molecule has 20 heavy (non-hydrogen) atoms. The maximum atomic E-state index is 3.67. The molecule has 0 aliphatic rings. The Balaban J connectivity index is 2.63. The summed E-state index contributed by atoms with van der Waals surface area (Å²) in [5.74, 6) is 0.687. The lowest BCUT2D eigenvalue weighted by molar-refractivity contribution is 0.364. The zero-order valence-electron chi connectivity index (χ0n) is 14.3. The van der Waals surface area contributed by atoms with E-state index < -0.39 is 0 Å². The van der Waals surface area contributed by atoms with Crippen LogP contribution in [0.2, 0.25) is 0 Å². The van der Waals surface area contributed by atoms with Crippen molar-refractivity contribution >= 4 is 0 Å². The van der Waals surface area contributed by atoms with Crippen LogP contribution in [0.1, 0.15) is 65.5 Å². The lowest BCUT2D eigenvalue weighted by atomic mass is 9.85. The molecule has 0 saturated carbocycles. The summed E-state index contributed by atoms with van der Waals surface area (Å²) in [6.45, 7) is 14.8. The van der Waals surface area contributed by atoms with Crippen LogP contribution in [0.3, 0.4) is 0 Å². The van der Waals surface area contributed by atoms with Crippen molar-refractivity contribution in [2.75, 3.05) is 6.54 Å². The van der Waals surface area contributed by atoms with E-state index in [1.54, 1.807) is 0 Å². The standard InChI is InChI=1S/C19H33N/c1-7-13-20-18(8-2)15(3)14-16-9-11-17(12-10-16)19(4,5)6/h9-12,15,18,20H,7-8,13-14H2,1-6H3. The van der Waals surface area contributed by atoms with Crippen LogP contribution in [-0.2, 0) is 11.8 Å². The van der Waals surface area contributed by atoms with Crippen LogP contribution in [0.15, 0.2) is 24.3 Å². The van der Waals surface area contributed by atoms with E-state index >= 15 is 0 Å². The predicted molar refractivity (Wildman–Crippen MR) is 90.4 cm³/mol. The van der Waals surface area contributed by atoms with Gasteiger partial charge in [-0.2, -0.15) is 0 Å². The van der Waals surface area contributed by atoms with Gasteiger partial charge in [-0.1, -0.05) is 65.8 Å². The molecule has 1 aromatic rings. The van der Waals surface area contributed by atoms with Crippen LogP contribution in [0, 0.1) is 5.92 Å². The van der Waals surface area contributed by atoms with Gasteiger partial charge in [-0.3, -0.25) is 0 Å². The van der Waals surface area contributed by atoms with Crippen LogP contribution in [0.25, 0.3) is 0 Å². The van der Waals surface area contributed by atoms with Gasteiger partial charge in [-0.25, -0.2) is 0 Å². The maximum Gasteiger partial charge on any atom is 0.00932 e. The number of hydrogen-bond donors (Lipinski definition) is 1. The van der Waals surface area contributed by atoms with Crippen LogP contribution in [-0.4, -0.2) is 12.6 Å². The smallest absolute Gasteiger partial charge is 0.00932 e.